The lowest BCUT2D eigenvalue weighted by Crippen LogP contribution is -2.52. The molecule has 0 saturated carbocycles. The molecule has 0 aromatic carbocycles. The quantitative estimate of drug-likeness (QED) is 0.928. The summed E-state index contributed by atoms with van der Waals surface area (Å²) in [5.41, 5.74) is 0. The molecule has 3 aliphatic heterocycles. The Morgan fingerprint density at radius 3 is 2.78 bits per heavy atom. The molecule has 4 heterocycles. The van der Waals surface area contributed by atoms with Gasteiger partial charge in [-0.05, 0) is 31.8 Å². The first kappa shape index (κ1) is 12.3. The predicted molar refractivity (Wildman–Crippen MR) is 69.9 cm³/mol. The van der Waals surface area contributed by atoms with Gasteiger partial charge in [-0.25, -0.2) is 4.79 Å². The van der Waals surface area contributed by atoms with Crippen LogP contribution in [0.4, 0.5) is 0 Å². The fraction of sp³-hybridized carbons (Fsp3) is 0.583. The molecule has 1 aromatic heterocycles. The first-order chi connectivity index (χ1) is 8.63. The minimum Gasteiger partial charge on any atom is -0.487 e. The summed E-state index contributed by atoms with van der Waals surface area (Å²) in [6, 6.07) is 1.62. The van der Waals surface area contributed by atoms with Crippen LogP contribution in [0.25, 0.3) is 0 Å². The summed E-state index contributed by atoms with van der Waals surface area (Å²) in [6.45, 7) is 3.18. The summed E-state index contributed by atoms with van der Waals surface area (Å²) in [5.74, 6) is 0.00902. The van der Waals surface area contributed by atoms with E-state index in [-0.39, 0.29) is 11.0 Å². The Balaban J connectivity index is 1.78. The molecule has 6 heteroatoms. The Morgan fingerprint density at radius 2 is 2.22 bits per heavy atom. The zero-order chi connectivity index (χ0) is 12.7. The SMILES string of the molecule is O=C(O)c1sc(Cl)cc1OC1CN2CCC1CC2. The maximum absolute atomic E-state index is 11.1. The molecule has 4 rings (SSSR count). The average molecular weight is 288 g/mol. The van der Waals surface area contributed by atoms with Crippen LogP contribution in [0.5, 0.6) is 5.75 Å². The molecule has 4 nitrogen and oxygen atoms in total. The number of piperidine rings is 3. The smallest absolute Gasteiger partial charge is 0.349 e. The molecule has 0 radical (unpaired) electrons. The lowest BCUT2D eigenvalue weighted by molar-refractivity contribution is -0.00805. The maximum Gasteiger partial charge on any atom is 0.349 e. The van der Waals surface area contributed by atoms with Crippen LogP contribution in [0.2, 0.25) is 4.34 Å². The van der Waals surface area contributed by atoms with E-state index in [0.717, 1.165) is 43.8 Å². The van der Waals surface area contributed by atoms with Gasteiger partial charge in [0.1, 0.15) is 11.9 Å². The lowest BCUT2D eigenvalue weighted by atomic mass is 9.86. The third-order valence-corrected chi connectivity index (χ3v) is 4.97. The number of halogens is 1. The second-order valence-corrected chi connectivity index (χ2v) is 6.53. The highest BCUT2D eigenvalue weighted by atomic mass is 35.5. The molecule has 1 atom stereocenters. The highest BCUT2D eigenvalue weighted by Gasteiger charge is 2.36. The number of fused-ring (bicyclic) bond motifs is 3. The first-order valence-electron chi connectivity index (χ1n) is 6.05. The zero-order valence-corrected chi connectivity index (χ0v) is 11.3. The number of nitrogens with zero attached hydrogens (tertiary/aromatic N) is 1. The molecule has 1 unspecified atom stereocenters. The Labute approximate surface area is 114 Å². The monoisotopic (exact) mass is 287 g/mol. The van der Waals surface area contributed by atoms with E-state index in [1.807, 2.05) is 0 Å². The van der Waals surface area contributed by atoms with Crippen molar-refractivity contribution >= 4 is 28.9 Å². The highest BCUT2D eigenvalue weighted by molar-refractivity contribution is 7.18. The minimum absolute atomic E-state index is 0.108. The normalized spacial score (nSPS) is 30.4. The number of carboxylic acids is 1. The molecular weight excluding hydrogens is 274 g/mol. The number of rotatable bonds is 3. The molecule has 0 spiro atoms. The van der Waals surface area contributed by atoms with Crippen molar-refractivity contribution in [1.29, 1.82) is 0 Å². The van der Waals surface area contributed by atoms with Crippen molar-refractivity contribution in [2.45, 2.75) is 18.9 Å². The van der Waals surface area contributed by atoms with Crippen LogP contribution in [-0.2, 0) is 0 Å². The predicted octanol–water partition coefficient (Wildman–Crippen LogP) is 2.57. The molecule has 0 amide bonds. The van der Waals surface area contributed by atoms with Gasteiger partial charge in [0.2, 0.25) is 0 Å². The van der Waals surface area contributed by atoms with Crippen molar-refractivity contribution in [3.8, 4) is 5.75 Å². The number of hydrogen-bond acceptors (Lipinski definition) is 4. The second kappa shape index (κ2) is 4.72. The van der Waals surface area contributed by atoms with Crippen molar-refractivity contribution in [3.05, 3.63) is 15.3 Å². The van der Waals surface area contributed by atoms with Crippen molar-refractivity contribution in [1.82, 2.24) is 4.90 Å². The van der Waals surface area contributed by atoms with Gasteiger partial charge < -0.3 is 9.84 Å². The van der Waals surface area contributed by atoms with Crippen LogP contribution in [0.15, 0.2) is 6.07 Å². The molecular formula is C12H14ClNO3S. The van der Waals surface area contributed by atoms with Crippen LogP contribution in [0, 0.1) is 5.92 Å². The van der Waals surface area contributed by atoms with Crippen molar-refractivity contribution in [2.24, 2.45) is 5.92 Å². The number of hydrogen-bond donors (Lipinski definition) is 1. The van der Waals surface area contributed by atoms with Crippen LogP contribution < -0.4 is 4.74 Å². The van der Waals surface area contributed by atoms with Crippen LogP contribution in [0.1, 0.15) is 22.5 Å². The second-order valence-electron chi connectivity index (χ2n) is 4.84. The zero-order valence-electron chi connectivity index (χ0n) is 9.76. The number of ether oxygens (including phenoxy) is 1. The lowest BCUT2D eigenvalue weighted by Gasteiger charge is -2.44. The van der Waals surface area contributed by atoms with Crippen molar-refractivity contribution in [2.75, 3.05) is 19.6 Å². The van der Waals surface area contributed by atoms with Gasteiger partial charge in [-0.2, -0.15) is 0 Å². The summed E-state index contributed by atoms with van der Waals surface area (Å²) in [6.07, 6.45) is 2.40. The maximum atomic E-state index is 11.1. The summed E-state index contributed by atoms with van der Waals surface area (Å²) in [5, 5.41) is 9.10. The summed E-state index contributed by atoms with van der Waals surface area (Å²) in [4.78, 5) is 13.7. The van der Waals surface area contributed by atoms with E-state index in [9.17, 15) is 4.79 Å². The first-order valence-corrected chi connectivity index (χ1v) is 7.24. The molecule has 3 aliphatic rings. The molecule has 1 N–H and O–H groups in total. The van der Waals surface area contributed by atoms with Gasteiger partial charge in [-0.15, -0.1) is 11.3 Å². The number of carbonyl (C=O) groups is 1. The van der Waals surface area contributed by atoms with Gasteiger partial charge in [0.05, 0.1) is 4.34 Å². The van der Waals surface area contributed by atoms with Crippen LogP contribution >= 0.6 is 22.9 Å². The van der Waals surface area contributed by atoms with Gasteiger partial charge >= 0.3 is 5.97 Å². The van der Waals surface area contributed by atoms with E-state index in [4.69, 9.17) is 21.4 Å². The molecule has 98 valence electrons. The van der Waals surface area contributed by atoms with E-state index in [1.54, 1.807) is 6.07 Å². The summed E-state index contributed by atoms with van der Waals surface area (Å²) < 4.78 is 6.37. The van der Waals surface area contributed by atoms with E-state index >= 15 is 0 Å². The molecule has 3 saturated heterocycles. The summed E-state index contributed by atoms with van der Waals surface area (Å²) >= 11 is 6.93. The topological polar surface area (TPSA) is 49.8 Å². The van der Waals surface area contributed by atoms with E-state index < -0.39 is 5.97 Å². The Kier molecular flexibility index (Phi) is 3.21. The van der Waals surface area contributed by atoms with Gasteiger partial charge in [-0.1, -0.05) is 11.6 Å². The number of carboxylic acid groups (broad SMARTS) is 1. The van der Waals surface area contributed by atoms with Gasteiger partial charge in [0.25, 0.3) is 0 Å². The molecule has 1 aromatic rings. The molecule has 18 heavy (non-hydrogen) atoms. The highest BCUT2D eigenvalue weighted by Crippen LogP contribution is 2.36. The van der Waals surface area contributed by atoms with Gasteiger partial charge in [0, 0.05) is 12.6 Å². The van der Waals surface area contributed by atoms with Crippen LogP contribution in [-0.4, -0.2) is 41.7 Å². The molecule has 3 fully saturated rings. The third-order valence-electron chi connectivity index (χ3n) is 3.74. The Bertz CT molecular complexity index is 468. The fourth-order valence-electron chi connectivity index (χ4n) is 2.79. The third kappa shape index (κ3) is 2.22. The van der Waals surface area contributed by atoms with Crippen molar-refractivity contribution in [3.63, 3.8) is 0 Å². The minimum atomic E-state index is -0.969. The standard InChI is InChI=1S/C12H14ClNO3S/c13-10-5-8(11(18-10)12(15)16)17-9-6-14-3-1-7(9)2-4-14/h5,7,9H,1-4,6H2,(H,15,16). The largest absolute Gasteiger partial charge is 0.487 e. The van der Waals surface area contributed by atoms with Crippen LogP contribution in [0.3, 0.4) is 0 Å². The molecule has 2 bridgehead atoms. The average Bonchev–Trinajstić information content (AvgIpc) is 2.72. The number of aromatic carboxylic acids is 1. The fourth-order valence-corrected chi connectivity index (χ4v) is 3.78. The van der Waals surface area contributed by atoms with Gasteiger partial charge in [0.15, 0.2) is 4.88 Å². The number of thiophene rings is 1. The van der Waals surface area contributed by atoms with E-state index in [0.29, 0.717) is 16.0 Å². The Morgan fingerprint density at radius 1 is 1.50 bits per heavy atom. The molecule has 0 aliphatic carbocycles. The Hall–Kier alpha value is -0.780. The van der Waals surface area contributed by atoms with E-state index in [2.05, 4.69) is 4.90 Å². The van der Waals surface area contributed by atoms with E-state index in [1.165, 1.54) is 0 Å². The van der Waals surface area contributed by atoms with Gasteiger partial charge in [-0.3, -0.25) is 4.90 Å². The van der Waals surface area contributed by atoms with Crippen molar-refractivity contribution < 1.29 is 14.6 Å². The summed E-state index contributed by atoms with van der Waals surface area (Å²) in [7, 11) is 0.